The minimum atomic E-state index is -0.319. The van der Waals surface area contributed by atoms with Crippen LogP contribution in [0.3, 0.4) is 0 Å². The van der Waals surface area contributed by atoms with Gasteiger partial charge in [0, 0.05) is 10.4 Å². The second-order valence-corrected chi connectivity index (χ2v) is 5.84. The molecule has 0 saturated carbocycles. The Hall–Kier alpha value is -1.18. The first-order chi connectivity index (χ1) is 9.10. The summed E-state index contributed by atoms with van der Waals surface area (Å²) in [5, 5.41) is 9.30. The fourth-order valence-electron chi connectivity index (χ4n) is 1.69. The van der Waals surface area contributed by atoms with Crippen molar-refractivity contribution in [3.8, 4) is 11.8 Å². The van der Waals surface area contributed by atoms with Gasteiger partial charge in [-0.3, -0.25) is 0 Å². The highest BCUT2D eigenvalue weighted by atomic mass is 32.2. The highest BCUT2D eigenvalue weighted by Crippen LogP contribution is 2.30. The molecule has 0 aliphatic heterocycles. The monoisotopic (exact) mass is 278 g/mol. The van der Waals surface area contributed by atoms with Gasteiger partial charge < -0.3 is 10.5 Å². The summed E-state index contributed by atoms with van der Waals surface area (Å²) in [5.74, 6) is 1.57. The van der Waals surface area contributed by atoms with Crippen LogP contribution in [0.15, 0.2) is 23.1 Å². The van der Waals surface area contributed by atoms with Gasteiger partial charge >= 0.3 is 0 Å². The lowest BCUT2D eigenvalue weighted by Crippen LogP contribution is -2.44. The Morgan fingerprint density at radius 1 is 1.32 bits per heavy atom. The third-order valence-corrected chi connectivity index (χ3v) is 4.26. The van der Waals surface area contributed by atoms with E-state index in [1.807, 2.05) is 18.2 Å². The van der Waals surface area contributed by atoms with Crippen LogP contribution in [0, 0.1) is 11.3 Å². The van der Waals surface area contributed by atoms with E-state index in [1.165, 1.54) is 0 Å². The lowest BCUT2D eigenvalue weighted by Gasteiger charge is -2.26. The van der Waals surface area contributed by atoms with Gasteiger partial charge in [-0.15, -0.1) is 11.8 Å². The number of nitrogens with zero attached hydrogens (tertiary/aromatic N) is 1. The number of ether oxygens (including phenoxy) is 1. The molecule has 0 amide bonds. The van der Waals surface area contributed by atoms with Crippen molar-refractivity contribution in [1.82, 2.24) is 0 Å². The molecule has 0 saturated heterocycles. The molecule has 104 valence electrons. The summed E-state index contributed by atoms with van der Waals surface area (Å²) in [7, 11) is 0. The zero-order chi connectivity index (χ0) is 14.3. The largest absolute Gasteiger partial charge is 0.490 e. The van der Waals surface area contributed by atoms with Crippen molar-refractivity contribution >= 4 is 11.8 Å². The standard InChI is InChI=1S/C15H22N2OS/c1-4-15(17,5-2)11-18-13-8-7-9-14(19-6-3)12(13)10-16/h7-9H,4-6,11,17H2,1-3H3. The summed E-state index contributed by atoms with van der Waals surface area (Å²) in [5.41, 5.74) is 6.52. The molecule has 0 unspecified atom stereocenters. The molecule has 3 nitrogen and oxygen atoms in total. The van der Waals surface area contributed by atoms with Crippen LogP contribution in [0.2, 0.25) is 0 Å². The summed E-state index contributed by atoms with van der Waals surface area (Å²) in [4.78, 5) is 0.970. The van der Waals surface area contributed by atoms with E-state index < -0.39 is 0 Å². The van der Waals surface area contributed by atoms with Crippen molar-refractivity contribution in [2.75, 3.05) is 12.4 Å². The molecule has 0 bridgehead atoms. The number of hydrogen-bond acceptors (Lipinski definition) is 4. The van der Waals surface area contributed by atoms with Gasteiger partial charge in [-0.25, -0.2) is 0 Å². The van der Waals surface area contributed by atoms with Gasteiger partial charge in [-0.2, -0.15) is 5.26 Å². The predicted octanol–water partition coefficient (Wildman–Crippen LogP) is 3.57. The first-order valence-corrected chi connectivity index (χ1v) is 7.66. The van der Waals surface area contributed by atoms with Crippen molar-refractivity contribution in [3.05, 3.63) is 23.8 Å². The summed E-state index contributed by atoms with van der Waals surface area (Å²) >= 11 is 1.65. The van der Waals surface area contributed by atoms with Crippen molar-refractivity contribution in [3.63, 3.8) is 0 Å². The van der Waals surface area contributed by atoms with Gasteiger partial charge in [0.05, 0.1) is 0 Å². The van der Waals surface area contributed by atoms with Crippen LogP contribution >= 0.6 is 11.8 Å². The van der Waals surface area contributed by atoms with Gasteiger partial charge in [0.25, 0.3) is 0 Å². The lowest BCUT2D eigenvalue weighted by atomic mass is 9.95. The van der Waals surface area contributed by atoms with Gasteiger partial charge in [-0.1, -0.05) is 26.8 Å². The summed E-state index contributed by atoms with van der Waals surface area (Å²) in [6, 6.07) is 7.95. The van der Waals surface area contributed by atoms with Crippen LogP contribution in [0.4, 0.5) is 0 Å². The van der Waals surface area contributed by atoms with Crippen molar-refractivity contribution < 1.29 is 4.74 Å². The second-order valence-electron chi connectivity index (χ2n) is 4.53. The molecule has 19 heavy (non-hydrogen) atoms. The molecule has 0 atom stereocenters. The number of benzene rings is 1. The number of hydrogen-bond donors (Lipinski definition) is 1. The van der Waals surface area contributed by atoms with Crippen LogP contribution in [0.5, 0.6) is 5.75 Å². The van der Waals surface area contributed by atoms with E-state index in [1.54, 1.807) is 11.8 Å². The summed E-state index contributed by atoms with van der Waals surface area (Å²) in [6.07, 6.45) is 1.71. The van der Waals surface area contributed by atoms with E-state index in [0.29, 0.717) is 17.9 Å². The zero-order valence-electron chi connectivity index (χ0n) is 11.9. The topological polar surface area (TPSA) is 59.0 Å². The quantitative estimate of drug-likeness (QED) is 0.775. The van der Waals surface area contributed by atoms with Crippen LogP contribution in [-0.4, -0.2) is 17.9 Å². The average molecular weight is 278 g/mol. The maximum Gasteiger partial charge on any atom is 0.138 e. The van der Waals surface area contributed by atoms with Gasteiger partial charge in [0.1, 0.15) is 24.0 Å². The summed E-state index contributed by atoms with van der Waals surface area (Å²) < 4.78 is 5.80. The average Bonchev–Trinajstić information content (AvgIpc) is 2.45. The molecule has 0 fully saturated rings. The van der Waals surface area contributed by atoms with E-state index in [4.69, 9.17) is 10.5 Å². The minimum Gasteiger partial charge on any atom is -0.490 e. The molecule has 1 aromatic carbocycles. The summed E-state index contributed by atoms with van der Waals surface area (Å²) in [6.45, 7) is 6.62. The third kappa shape index (κ3) is 4.15. The fraction of sp³-hybridized carbons (Fsp3) is 0.533. The molecule has 4 heteroatoms. The van der Waals surface area contributed by atoms with Crippen molar-refractivity contribution in [1.29, 1.82) is 5.26 Å². The normalized spacial score (nSPS) is 11.1. The number of nitriles is 1. The van der Waals surface area contributed by atoms with Crippen LogP contribution in [0.1, 0.15) is 39.2 Å². The molecule has 1 aromatic rings. The highest BCUT2D eigenvalue weighted by molar-refractivity contribution is 7.99. The Kier molecular flexibility index (Phi) is 6.20. The smallest absolute Gasteiger partial charge is 0.138 e. The molecular weight excluding hydrogens is 256 g/mol. The van der Waals surface area contributed by atoms with Gasteiger partial charge in [-0.05, 0) is 30.7 Å². The predicted molar refractivity (Wildman–Crippen MR) is 80.6 cm³/mol. The molecule has 0 aromatic heterocycles. The maximum absolute atomic E-state index is 9.30. The second kappa shape index (κ2) is 7.42. The molecule has 0 spiro atoms. The molecular formula is C15H22N2OS. The van der Waals surface area contributed by atoms with E-state index in [9.17, 15) is 5.26 Å². The molecule has 0 heterocycles. The Bertz CT molecular complexity index is 450. The number of nitrogens with two attached hydrogens (primary N) is 1. The molecule has 1 rings (SSSR count). The van der Waals surface area contributed by atoms with Crippen LogP contribution in [-0.2, 0) is 0 Å². The van der Waals surface area contributed by atoms with E-state index in [2.05, 4.69) is 26.8 Å². The molecule has 2 N–H and O–H groups in total. The van der Waals surface area contributed by atoms with Gasteiger partial charge in [0.15, 0.2) is 0 Å². The third-order valence-electron chi connectivity index (χ3n) is 3.32. The van der Waals surface area contributed by atoms with Gasteiger partial charge in [0.2, 0.25) is 0 Å². The lowest BCUT2D eigenvalue weighted by molar-refractivity contribution is 0.206. The number of thioether (sulfide) groups is 1. The SMILES string of the molecule is CCSc1cccc(OCC(N)(CC)CC)c1C#N. The highest BCUT2D eigenvalue weighted by Gasteiger charge is 2.22. The first kappa shape index (κ1) is 15.9. The Balaban J connectivity index is 2.90. The van der Waals surface area contributed by atoms with Crippen LogP contribution in [0.25, 0.3) is 0 Å². The molecule has 0 aliphatic carbocycles. The van der Waals surface area contributed by atoms with Crippen molar-refractivity contribution in [2.24, 2.45) is 5.73 Å². The van der Waals surface area contributed by atoms with E-state index >= 15 is 0 Å². The number of rotatable bonds is 7. The fourth-order valence-corrected chi connectivity index (χ4v) is 2.47. The van der Waals surface area contributed by atoms with E-state index in [0.717, 1.165) is 23.5 Å². The molecule has 0 radical (unpaired) electrons. The zero-order valence-corrected chi connectivity index (χ0v) is 12.7. The Labute approximate surface area is 120 Å². The Morgan fingerprint density at radius 3 is 2.53 bits per heavy atom. The first-order valence-electron chi connectivity index (χ1n) is 6.67. The minimum absolute atomic E-state index is 0.319. The molecule has 0 aliphatic rings. The maximum atomic E-state index is 9.30. The Morgan fingerprint density at radius 2 is 2.00 bits per heavy atom. The van der Waals surface area contributed by atoms with Crippen molar-refractivity contribution in [2.45, 2.75) is 44.0 Å². The van der Waals surface area contributed by atoms with Crippen LogP contribution < -0.4 is 10.5 Å². The van der Waals surface area contributed by atoms with E-state index in [-0.39, 0.29) is 5.54 Å².